The van der Waals surface area contributed by atoms with Gasteiger partial charge in [0.05, 0.1) is 0 Å². The van der Waals surface area contributed by atoms with Crippen LogP contribution in [0.1, 0.15) is 34.9 Å². The molecule has 0 aliphatic carbocycles. The minimum atomic E-state index is 0.00540. The zero-order valence-corrected chi connectivity index (χ0v) is 16.5. The highest BCUT2D eigenvalue weighted by atomic mass is 16.2. The first-order chi connectivity index (χ1) is 14.8. The molecule has 0 bridgehead atoms. The number of hydrogen-bond donors (Lipinski definition) is 0. The van der Waals surface area contributed by atoms with Gasteiger partial charge in [-0.1, -0.05) is 6.07 Å². The molecule has 4 aromatic rings. The number of likely N-dealkylation sites (tertiary alicyclic amines) is 1. The molecule has 0 unspecified atom stereocenters. The second-order valence-electron chi connectivity index (χ2n) is 7.52. The first-order valence-corrected chi connectivity index (χ1v) is 10.2. The lowest BCUT2D eigenvalue weighted by Crippen LogP contribution is -2.38. The maximum atomic E-state index is 12.6. The molecule has 6 nitrogen and oxygen atoms in total. The Morgan fingerprint density at radius 2 is 1.73 bits per heavy atom. The molecule has 5 heterocycles. The van der Waals surface area contributed by atoms with Crippen LogP contribution in [0.25, 0.3) is 22.2 Å². The number of amides is 1. The normalized spacial score (nSPS) is 14.7. The zero-order chi connectivity index (χ0) is 20.3. The number of hydrogen-bond acceptors (Lipinski definition) is 5. The molecule has 0 radical (unpaired) electrons. The van der Waals surface area contributed by atoms with Gasteiger partial charge in [0.15, 0.2) is 5.65 Å². The Balaban J connectivity index is 1.30. The van der Waals surface area contributed by atoms with E-state index in [1.165, 1.54) is 0 Å². The van der Waals surface area contributed by atoms with E-state index in [4.69, 9.17) is 4.98 Å². The molecule has 0 saturated carbocycles. The molecule has 1 aliphatic rings. The first kappa shape index (κ1) is 18.4. The minimum absolute atomic E-state index is 0.00540. The van der Waals surface area contributed by atoms with Gasteiger partial charge in [-0.25, -0.2) is 9.97 Å². The highest BCUT2D eigenvalue weighted by Gasteiger charge is 2.26. The fourth-order valence-corrected chi connectivity index (χ4v) is 3.98. The molecule has 0 aromatic carbocycles. The van der Waals surface area contributed by atoms with Crippen LogP contribution in [0, 0.1) is 0 Å². The van der Waals surface area contributed by atoms with Gasteiger partial charge in [-0.3, -0.25) is 14.8 Å². The van der Waals surface area contributed by atoms with E-state index in [0.29, 0.717) is 24.7 Å². The Kier molecular flexibility index (Phi) is 4.89. The Morgan fingerprint density at radius 1 is 0.900 bits per heavy atom. The molecule has 1 saturated heterocycles. The Hall–Kier alpha value is -3.67. The van der Waals surface area contributed by atoms with Crippen LogP contribution in [0.4, 0.5) is 0 Å². The Morgan fingerprint density at radius 3 is 2.50 bits per heavy atom. The number of aromatic nitrogens is 4. The summed E-state index contributed by atoms with van der Waals surface area (Å²) < 4.78 is 0. The standard InChI is InChI=1S/C24H21N5O/c30-24(22-3-1-2-10-26-22)29-13-8-18(9-14-29)21-5-4-19-15-20(16-27-23(19)28-21)17-6-11-25-12-7-17/h1-7,10-12,15-16,18H,8-9,13-14H2. The summed E-state index contributed by atoms with van der Waals surface area (Å²) in [5, 5.41) is 1.02. The van der Waals surface area contributed by atoms with Crippen molar-refractivity contribution < 1.29 is 4.79 Å². The van der Waals surface area contributed by atoms with Crippen LogP contribution < -0.4 is 0 Å². The highest BCUT2D eigenvalue weighted by Crippen LogP contribution is 2.29. The van der Waals surface area contributed by atoms with E-state index in [2.05, 4.69) is 33.2 Å². The summed E-state index contributed by atoms with van der Waals surface area (Å²) >= 11 is 0. The number of rotatable bonds is 3. The van der Waals surface area contributed by atoms with Gasteiger partial charge >= 0.3 is 0 Å². The van der Waals surface area contributed by atoms with Crippen LogP contribution in [0.5, 0.6) is 0 Å². The van der Waals surface area contributed by atoms with E-state index in [9.17, 15) is 4.79 Å². The summed E-state index contributed by atoms with van der Waals surface area (Å²) in [7, 11) is 0. The SMILES string of the molecule is O=C(c1ccccn1)N1CCC(c2ccc3cc(-c4ccncc4)cnc3n2)CC1. The van der Waals surface area contributed by atoms with E-state index >= 15 is 0 Å². The van der Waals surface area contributed by atoms with Crippen molar-refractivity contribution in [2.24, 2.45) is 0 Å². The van der Waals surface area contributed by atoms with Crippen molar-refractivity contribution in [3.05, 3.63) is 84.7 Å². The summed E-state index contributed by atoms with van der Waals surface area (Å²) in [4.78, 5) is 32.2. The van der Waals surface area contributed by atoms with Gasteiger partial charge in [0.2, 0.25) is 0 Å². The fourth-order valence-electron chi connectivity index (χ4n) is 3.98. The number of piperidine rings is 1. The number of nitrogens with zero attached hydrogens (tertiary/aromatic N) is 5. The predicted octanol–water partition coefficient (Wildman–Crippen LogP) is 4.11. The molecule has 30 heavy (non-hydrogen) atoms. The number of pyridine rings is 4. The molecule has 5 rings (SSSR count). The minimum Gasteiger partial charge on any atom is -0.337 e. The molecular weight excluding hydrogens is 374 g/mol. The van der Waals surface area contributed by atoms with E-state index in [1.54, 1.807) is 24.7 Å². The third kappa shape index (κ3) is 3.64. The quantitative estimate of drug-likeness (QED) is 0.522. The van der Waals surface area contributed by atoms with Crippen LogP contribution in [-0.4, -0.2) is 43.8 Å². The second kappa shape index (κ2) is 7.99. The van der Waals surface area contributed by atoms with Crippen LogP contribution in [0.2, 0.25) is 0 Å². The lowest BCUT2D eigenvalue weighted by Gasteiger charge is -2.31. The maximum absolute atomic E-state index is 12.6. The molecule has 4 aromatic heterocycles. The predicted molar refractivity (Wildman–Crippen MR) is 115 cm³/mol. The maximum Gasteiger partial charge on any atom is 0.272 e. The highest BCUT2D eigenvalue weighted by molar-refractivity contribution is 5.92. The van der Waals surface area contributed by atoms with Crippen molar-refractivity contribution in [1.82, 2.24) is 24.8 Å². The average molecular weight is 395 g/mol. The zero-order valence-electron chi connectivity index (χ0n) is 16.5. The van der Waals surface area contributed by atoms with Gasteiger partial charge in [-0.15, -0.1) is 0 Å². The average Bonchev–Trinajstić information content (AvgIpc) is 2.84. The van der Waals surface area contributed by atoms with Crippen LogP contribution >= 0.6 is 0 Å². The smallest absolute Gasteiger partial charge is 0.272 e. The Labute approximate surface area is 174 Å². The largest absolute Gasteiger partial charge is 0.337 e. The molecule has 0 spiro atoms. The molecule has 1 fully saturated rings. The van der Waals surface area contributed by atoms with Gasteiger partial charge in [-0.2, -0.15) is 0 Å². The molecule has 0 N–H and O–H groups in total. The molecule has 1 aliphatic heterocycles. The second-order valence-corrected chi connectivity index (χ2v) is 7.52. The van der Waals surface area contributed by atoms with Crippen molar-refractivity contribution in [2.75, 3.05) is 13.1 Å². The summed E-state index contributed by atoms with van der Waals surface area (Å²) in [6, 6.07) is 15.7. The molecule has 0 atom stereocenters. The first-order valence-electron chi connectivity index (χ1n) is 10.2. The molecule has 1 amide bonds. The van der Waals surface area contributed by atoms with Gasteiger partial charge in [0.1, 0.15) is 5.69 Å². The van der Waals surface area contributed by atoms with Gasteiger partial charge < -0.3 is 4.90 Å². The van der Waals surface area contributed by atoms with E-state index in [0.717, 1.165) is 40.7 Å². The van der Waals surface area contributed by atoms with Crippen LogP contribution in [-0.2, 0) is 0 Å². The van der Waals surface area contributed by atoms with Crippen LogP contribution in [0.3, 0.4) is 0 Å². The van der Waals surface area contributed by atoms with E-state index in [1.807, 2.05) is 35.4 Å². The van der Waals surface area contributed by atoms with E-state index in [-0.39, 0.29) is 5.91 Å². The van der Waals surface area contributed by atoms with Gasteiger partial charge in [-0.05, 0) is 60.9 Å². The topological polar surface area (TPSA) is 71.9 Å². The molecule has 148 valence electrons. The Bertz CT molecular complexity index is 1170. The number of fused-ring (bicyclic) bond motifs is 1. The van der Waals surface area contributed by atoms with E-state index < -0.39 is 0 Å². The van der Waals surface area contributed by atoms with Crippen molar-refractivity contribution in [2.45, 2.75) is 18.8 Å². The summed E-state index contributed by atoms with van der Waals surface area (Å²) in [6.07, 6.45) is 8.88. The van der Waals surface area contributed by atoms with Crippen molar-refractivity contribution in [1.29, 1.82) is 0 Å². The van der Waals surface area contributed by atoms with Gasteiger partial charge in [0.25, 0.3) is 5.91 Å². The van der Waals surface area contributed by atoms with Crippen LogP contribution in [0.15, 0.2) is 73.3 Å². The summed E-state index contributed by atoms with van der Waals surface area (Å²) in [5.74, 6) is 0.342. The lowest BCUT2D eigenvalue weighted by molar-refractivity contribution is 0.0706. The van der Waals surface area contributed by atoms with Gasteiger partial charge in [0, 0.05) is 60.4 Å². The third-order valence-electron chi connectivity index (χ3n) is 5.66. The molecule has 6 heteroatoms. The van der Waals surface area contributed by atoms with Crippen molar-refractivity contribution in [3.8, 4) is 11.1 Å². The fraction of sp³-hybridized carbons (Fsp3) is 0.208. The summed E-state index contributed by atoms with van der Waals surface area (Å²) in [5.41, 5.74) is 4.47. The number of carbonyl (C=O) groups is 1. The van der Waals surface area contributed by atoms with Crippen molar-refractivity contribution >= 4 is 16.9 Å². The number of carbonyl (C=O) groups excluding carboxylic acids is 1. The lowest BCUT2D eigenvalue weighted by atomic mass is 9.92. The third-order valence-corrected chi connectivity index (χ3v) is 5.66. The monoisotopic (exact) mass is 395 g/mol. The summed E-state index contributed by atoms with van der Waals surface area (Å²) in [6.45, 7) is 1.43. The molecular formula is C24H21N5O. The van der Waals surface area contributed by atoms with Crippen molar-refractivity contribution in [3.63, 3.8) is 0 Å².